The zero-order valence-corrected chi connectivity index (χ0v) is 19.4. The smallest absolute Gasteiger partial charge is 0.353 e. The Morgan fingerprint density at radius 2 is 2.12 bits per heavy atom. The van der Waals surface area contributed by atoms with E-state index in [1.807, 2.05) is 20.2 Å². The molecular weight excluding hydrogens is 434 g/mol. The summed E-state index contributed by atoms with van der Waals surface area (Å²) in [7, 11) is 3.61. The number of aliphatic carboxylic acids is 1. The number of nitrogens with one attached hydrogen (secondary N) is 1. The number of carboxylic acids is 1. The van der Waals surface area contributed by atoms with Crippen molar-refractivity contribution in [2.24, 2.45) is 31.7 Å². The quantitative estimate of drug-likeness (QED) is 0.303. The summed E-state index contributed by atoms with van der Waals surface area (Å²) in [5.41, 5.74) is 6.52. The van der Waals surface area contributed by atoms with Crippen LogP contribution in [0.1, 0.15) is 36.6 Å². The van der Waals surface area contributed by atoms with E-state index >= 15 is 0 Å². The molecule has 0 saturated carbocycles. The maximum Gasteiger partial charge on any atom is 0.353 e. The van der Waals surface area contributed by atoms with Crippen LogP contribution >= 0.6 is 11.8 Å². The van der Waals surface area contributed by atoms with Gasteiger partial charge < -0.3 is 26.2 Å². The maximum absolute atomic E-state index is 12.5. The van der Waals surface area contributed by atoms with Crippen molar-refractivity contribution in [3.8, 4) is 0 Å². The Kier molecular flexibility index (Phi) is 5.84. The van der Waals surface area contributed by atoms with Crippen LogP contribution in [0.5, 0.6) is 0 Å². The third-order valence-electron chi connectivity index (χ3n) is 6.89. The van der Waals surface area contributed by atoms with Crippen molar-refractivity contribution in [1.29, 1.82) is 0 Å². The Labute approximate surface area is 190 Å². The van der Waals surface area contributed by atoms with Crippen molar-refractivity contribution in [3.05, 3.63) is 28.3 Å². The van der Waals surface area contributed by atoms with Crippen molar-refractivity contribution >= 4 is 29.5 Å². The van der Waals surface area contributed by atoms with Gasteiger partial charge in [0.1, 0.15) is 17.6 Å². The number of aromatic nitrogens is 2. The van der Waals surface area contributed by atoms with Gasteiger partial charge in [0.25, 0.3) is 0 Å². The number of imidazole rings is 1. The molecule has 32 heavy (non-hydrogen) atoms. The highest BCUT2D eigenvalue weighted by molar-refractivity contribution is 8.03. The highest BCUT2D eigenvalue weighted by Gasteiger charge is 2.60. The number of hydrogen-bond acceptors (Lipinski definition) is 6. The standard InChI is InChI=1S/C21H29N5O5S/c1-9-15-14(10(2)27)20(29)26(15)16(21(30)31)17(9)32-13-6-11(23-7-13)5-12-8-24(3)19(18(22)28)25(12)4/h8-11,13-15,23,27H,5-7H2,1-4H3,(H2-,22,28,30,31)/p+1/t9-,10-,11-,13+,14-,15-/m1/s1. The molecule has 0 aromatic carbocycles. The average Bonchev–Trinajstić information content (AvgIpc) is 3.31. The monoisotopic (exact) mass is 464 g/mol. The molecule has 10 nitrogen and oxygen atoms in total. The molecule has 0 unspecified atom stereocenters. The lowest BCUT2D eigenvalue weighted by Gasteiger charge is -2.46. The third kappa shape index (κ3) is 3.52. The van der Waals surface area contributed by atoms with Crippen molar-refractivity contribution in [3.63, 3.8) is 0 Å². The van der Waals surface area contributed by atoms with Crippen LogP contribution in [-0.4, -0.2) is 67.4 Å². The predicted octanol–water partition coefficient (Wildman–Crippen LogP) is -0.892. The summed E-state index contributed by atoms with van der Waals surface area (Å²) in [6, 6.07) is -0.117. The van der Waals surface area contributed by atoms with Crippen molar-refractivity contribution in [2.45, 2.75) is 50.1 Å². The molecule has 4 rings (SSSR count). The van der Waals surface area contributed by atoms with Crippen LogP contribution in [0.25, 0.3) is 0 Å². The number of hydrogen-bond donors (Lipinski definition) is 4. The SMILES string of the molecule is C[C@@H](O)[C@H]1C(=O)N2C(C(=O)O)=C(S[C@@H]3CN[C@H](Cc4c[n+](C)c(C(N)=O)n4C)C3)[C@H](C)[C@H]12. The topological polar surface area (TPSA) is 142 Å². The fourth-order valence-corrected chi connectivity index (χ4v) is 6.93. The number of aliphatic hydroxyl groups is 1. The summed E-state index contributed by atoms with van der Waals surface area (Å²) in [6.45, 7) is 4.24. The van der Waals surface area contributed by atoms with Gasteiger partial charge in [0.15, 0.2) is 0 Å². The van der Waals surface area contributed by atoms with Crippen LogP contribution in [0.2, 0.25) is 0 Å². The molecule has 3 aliphatic heterocycles. The molecule has 0 spiro atoms. The summed E-state index contributed by atoms with van der Waals surface area (Å²) in [4.78, 5) is 38.2. The lowest BCUT2D eigenvalue weighted by Crippen LogP contribution is -2.63. The molecule has 2 amide bonds. The van der Waals surface area contributed by atoms with Crippen LogP contribution in [0.4, 0.5) is 0 Å². The second-order valence-electron chi connectivity index (χ2n) is 9.03. The van der Waals surface area contributed by atoms with Gasteiger partial charge in [-0.25, -0.2) is 13.9 Å². The van der Waals surface area contributed by atoms with Crippen molar-refractivity contribution < 1.29 is 29.2 Å². The molecule has 1 aromatic rings. The molecule has 0 radical (unpaired) electrons. The second kappa shape index (κ2) is 8.20. The Hall–Kier alpha value is -2.37. The number of fused-ring (bicyclic) bond motifs is 1. The van der Waals surface area contributed by atoms with Crippen LogP contribution in [0, 0.1) is 11.8 Å². The molecule has 1 aromatic heterocycles. The van der Waals surface area contributed by atoms with Gasteiger partial charge in [-0.3, -0.25) is 9.59 Å². The fraction of sp³-hybridized carbons (Fsp3) is 0.619. The number of amides is 2. The third-order valence-corrected chi connectivity index (χ3v) is 8.40. The number of carboxylic acid groups (broad SMARTS) is 1. The number of nitrogens with zero attached hydrogens (tertiary/aromatic N) is 3. The number of β-lactam (4-membered cyclic amide) rings is 1. The normalized spacial score (nSPS) is 30.5. The van der Waals surface area contributed by atoms with E-state index in [2.05, 4.69) is 5.32 Å². The molecule has 0 bridgehead atoms. The first-order valence-corrected chi connectivity index (χ1v) is 11.6. The van der Waals surface area contributed by atoms with Gasteiger partial charge in [0, 0.05) is 35.1 Å². The first-order valence-electron chi connectivity index (χ1n) is 10.8. The van der Waals surface area contributed by atoms with Crippen LogP contribution in [0.15, 0.2) is 16.8 Å². The summed E-state index contributed by atoms with van der Waals surface area (Å²) in [5.74, 6) is -2.14. The summed E-state index contributed by atoms with van der Waals surface area (Å²) in [6.07, 6.45) is 2.64. The molecule has 5 N–H and O–H groups in total. The Bertz CT molecular complexity index is 1020. The number of aliphatic hydroxyl groups excluding tert-OH is 1. The van der Waals surface area contributed by atoms with Gasteiger partial charge in [0.05, 0.1) is 32.2 Å². The maximum atomic E-state index is 12.5. The fourth-order valence-electron chi connectivity index (χ4n) is 5.41. The van der Waals surface area contributed by atoms with E-state index in [1.54, 1.807) is 23.1 Å². The molecule has 0 aliphatic carbocycles. The molecule has 2 saturated heterocycles. The van der Waals surface area contributed by atoms with Gasteiger partial charge in [-0.05, 0) is 13.3 Å². The second-order valence-corrected chi connectivity index (χ2v) is 10.4. The van der Waals surface area contributed by atoms with E-state index in [4.69, 9.17) is 5.73 Å². The van der Waals surface area contributed by atoms with E-state index in [1.165, 1.54) is 16.7 Å². The van der Waals surface area contributed by atoms with Crippen molar-refractivity contribution in [2.75, 3.05) is 6.54 Å². The molecular formula is C21H30N5O5S+. The zero-order valence-electron chi connectivity index (χ0n) is 18.6. The number of primary amides is 1. The highest BCUT2D eigenvalue weighted by Crippen LogP contribution is 2.51. The lowest BCUT2D eigenvalue weighted by molar-refractivity contribution is -0.673. The highest BCUT2D eigenvalue weighted by atomic mass is 32.2. The minimum Gasteiger partial charge on any atom is -0.477 e. The number of nitrogens with two attached hydrogens (primary N) is 1. The lowest BCUT2D eigenvalue weighted by atomic mass is 9.79. The van der Waals surface area contributed by atoms with Crippen LogP contribution < -0.4 is 15.6 Å². The Morgan fingerprint density at radius 1 is 1.44 bits per heavy atom. The number of rotatable bonds is 7. The summed E-state index contributed by atoms with van der Waals surface area (Å²) in [5, 5.41) is 23.5. The molecule has 2 fully saturated rings. The van der Waals surface area contributed by atoms with E-state index in [9.17, 15) is 24.6 Å². The molecule has 6 atom stereocenters. The van der Waals surface area contributed by atoms with E-state index < -0.39 is 23.9 Å². The molecule has 11 heteroatoms. The van der Waals surface area contributed by atoms with E-state index in [-0.39, 0.29) is 34.9 Å². The predicted molar refractivity (Wildman–Crippen MR) is 116 cm³/mol. The minimum atomic E-state index is -1.10. The van der Waals surface area contributed by atoms with E-state index in [0.29, 0.717) is 17.2 Å². The van der Waals surface area contributed by atoms with Gasteiger partial charge in [-0.15, -0.1) is 11.8 Å². The van der Waals surface area contributed by atoms with Crippen LogP contribution in [0.3, 0.4) is 0 Å². The van der Waals surface area contributed by atoms with Crippen LogP contribution in [-0.2, 0) is 30.1 Å². The number of carbonyl (C=O) groups is 3. The zero-order chi connectivity index (χ0) is 23.5. The van der Waals surface area contributed by atoms with Crippen molar-refractivity contribution in [1.82, 2.24) is 14.8 Å². The number of aryl methyl sites for hydroxylation is 1. The van der Waals surface area contributed by atoms with Gasteiger partial charge >= 0.3 is 17.7 Å². The largest absolute Gasteiger partial charge is 0.477 e. The molecule has 174 valence electrons. The van der Waals surface area contributed by atoms with E-state index in [0.717, 1.165) is 18.7 Å². The number of carbonyl (C=O) groups excluding carboxylic acids is 2. The minimum absolute atomic E-state index is 0.0680. The Balaban J connectivity index is 1.47. The van der Waals surface area contributed by atoms with Gasteiger partial charge in [0.2, 0.25) is 5.91 Å². The number of thioether (sulfide) groups is 1. The van der Waals surface area contributed by atoms with Gasteiger partial charge in [-0.2, -0.15) is 0 Å². The molecule has 4 heterocycles. The van der Waals surface area contributed by atoms with Gasteiger partial charge in [-0.1, -0.05) is 6.92 Å². The average molecular weight is 465 g/mol. The Morgan fingerprint density at radius 3 is 2.69 bits per heavy atom. The first kappa shape index (κ1) is 22.8. The first-order chi connectivity index (χ1) is 15.0. The molecule has 3 aliphatic rings. The summed E-state index contributed by atoms with van der Waals surface area (Å²) < 4.78 is 3.53. The summed E-state index contributed by atoms with van der Waals surface area (Å²) >= 11 is 1.53.